The van der Waals surface area contributed by atoms with E-state index in [0.717, 1.165) is 36.5 Å². The van der Waals surface area contributed by atoms with Crippen LogP contribution in [0.25, 0.3) is 5.69 Å². The van der Waals surface area contributed by atoms with Gasteiger partial charge in [-0.1, -0.05) is 30.3 Å². The number of piperidine rings is 1. The summed E-state index contributed by atoms with van der Waals surface area (Å²) >= 11 is 0. The molecule has 1 aromatic heterocycles. The Bertz CT molecular complexity index is 697. The van der Waals surface area contributed by atoms with Crippen molar-refractivity contribution in [1.29, 1.82) is 0 Å². The largest absolute Gasteiger partial charge is 0.338 e. The summed E-state index contributed by atoms with van der Waals surface area (Å²) in [5, 5.41) is 8.43. The van der Waals surface area contributed by atoms with Gasteiger partial charge in [-0.15, -0.1) is 5.10 Å². The molecule has 2 aromatic rings. The molecule has 0 spiro atoms. The molecule has 6 nitrogen and oxygen atoms in total. The maximum Gasteiger partial charge on any atom is 0.229 e. The number of benzene rings is 1. The Kier molecular flexibility index (Phi) is 4.94. The molecule has 0 saturated carbocycles. The van der Waals surface area contributed by atoms with E-state index in [9.17, 15) is 4.79 Å². The van der Waals surface area contributed by atoms with Gasteiger partial charge in [-0.2, -0.15) is 0 Å². The molecule has 2 unspecified atom stereocenters. The van der Waals surface area contributed by atoms with Crippen LogP contribution in [-0.4, -0.2) is 44.9 Å². The molecule has 1 aliphatic heterocycles. The van der Waals surface area contributed by atoms with Gasteiger partial charge in [-0.05, 0) is 37.8 Å². The lowest BCUT2D eigenvalue weighted by molar-refractivity contribution is -0.134. The zero-order valence-electron chi connectivity index (χ0n) is 14.4. The molecule has 1 amide bonds. The summed E-state index contributed by atoms with van der Waals surface area (Å²) in [7, 11) is 0. The Morgan fingerprint density at radius 1 is 1.33 bits per heavy atom. The van der Waals surface area contributed by atoms with Crippen LogP contribution in [0.5, 0.6) is 0 Å². The topological polar surface area (TPSA) is 77.0 Å². The lowest BCUT2D eigenvalue weighted by Crippen LogP contribution is -2.49. The van der Waals surface area contributed by atoms with E-state index in [4.69, 9.17) is 5.73 Å². The van der Waals surface area contributed by atoms with E-state index in [-0.39, 0.29) is 18.4 Å². The Morgan fingerprint density at radius 2 is 2.08 bits per heavy atom. The molecule has 1 aromatic carbocycles. The summed E-state index contributed by atoms with van der Waals surface area (Å²) in [5.41, 5.74) is 8.46. The third-order valence-corrected chi connectivity index (χ3v) is 4.88. The van der Waals surface area contributed by atoms with Crippen molar-refractivity contribution < 1.29 is 4.79 Å². The van der Waals surface area contributed by atoms with Crippen LogP contribution < -0.4 is 5.73 Å². The Labute approximate surface area is 142 Å². The number of nitrogens with zero attached hydrogens (tertiary/aromatic N) is 4. The second-order valence-corrected chi connectivity index (χ2v) is 6.65. The number of likely N-dealkylation sites (tertiary alicyclic amines) is 1. The van der Waals surface area contributed by atoms with Crippen molar-refractivity contribution in [2.45, 2.75) is 39.2 Å². The third-order valence-electron chi connectivity index (χ3n) is 4.88. The van der Waals surface area contributed by atoms with Crippen LogP contribution in [0.2, 0.25) is 0 Å². The van der Waals surface area contributed by atoms with Gasteiger partial charge < -0.3 is 10.6 Å². The van der Waals surface area contributed by atoms with Crippen molar-refractivity contribution in [2.24, 2.45) is 11.7 Å². The minimum atomic E-state index is 0.0977. The van der Waals surface area contributed by atoms with Crippen LogP contribution in [0.3, 0.4) is 0 Å². The molecule has 128 valence electrons. The van der Waals surface area contributed by atoms with E-state index in [1.807, 2.05) is 42.2 Å². The zero-order valence-corrected chi connectivity index (χ0v) is 14.4. The van der Waals surface area contributed by atoms with Crippen molar-refractivity contribution in [3.05, 3.63) is 41.7 Å². The van der Waals surface area contributed by atoms with Gasteiger partial charge in [0.1, 0.15) is 0 Å². The fourth-order valence-corrected chi connectivity index (χ4v) is 3.39. The average molecular weight is 327 g/mol. The molecule has 1 saturated heterocycles. The maximum absolute atomic E-state index is 12.7. The number of hydrogen-bond acceptors (Lipinski definition) is 4. The highest BCUT2D eigenvalue weighted by molar-refractivity contribution is 5.79. The third kappa shape index (κ3) is 3.33. The van der Waals surface area contributed by atoms with Crippen molar-refractivity contribution >= 4 is 5.91 Å². The summed E-state index contributed by atoms with van der Waals surface area (Å²) in [6.45, 7) is 5.48. The van der Waals surface area contributed by atoms with Crippen molar-refractivity contribution in [3.8, 4) is 5.69 Å². The van der Waals surface area contributed by atoms with Gasteiger partial charge >= 0.3 is 0 Å². The minimum Gasteiger partial charge on any atom is -0.338 e. The summed E-state index contributed by atoms with van der Waals surface area (Å²) in [6.07, 6.45) is 2.30. The van der Waals surface area contributed by atoms with E-state index < -0.39 is 0 Å². The number of aromatic nitrogens is 3. The van der Waals surface area contributed by atoms with E-state index in [1.165, 1.54) is 0 Å². The highest BCUT2D eigenvalue weighted by Gasteiger charge is 2.29. The summed E-state index contributed by atoms with van der Waals surface area (Å²) < 4.78 is 1.78. The van der Waals surface area contributed by atoms with Crippen molar-refractivity contribution in [3.63, 3.8) is 0 Å². The van der Waals surface area contributed by atoms with Crippen LogP contribution >= 0.6 is 0 Å². The lowest BCUT2D eigenvalue weighted by Gasteiger charge is -2.38. The number of carbonyl (C=O) groups is 1. The molecule has 1 fully saturated rings. The number of nitrogens with two attached hydrogens (primary N) is 1. The Morgan fingerprint density at radius 3 is 2.79 bits per heavy atom. The van der Waals surface area contributed by atoms with E-state index >= 15 is 0 Å². The highest BCUT2D eigenvalue weighted by atomic mass is 16.2. The van der Waals surface area contributed by atoms with Gasteiger partial charge in [-0.3, -0.25) is 4.79 Å². The number of amides is 1. The fraction of sp³-hybridized carbons (Fsp3) is 0.500. The van der Waals surface area contributed by atoms with Crippen LogP contribution in [0.4, 0.5) is 0 Å². The molecule has 0 aliphatic carbocycles. The van der Waals surface area contributed by atoms with Gasteiger partial charge in [-0.25, -0.2) is 4.68 Å². The highest BCUT2D eigenvalue weighted by Crippen LogP contribution is 2.23. The van der Waals surface area contributed by atoms with Crippen LogP contribution in [0.1, 0.15) is 31.2 Å². The number of hydrogen-bond donors (Lipinski definition) is 1. The molecule has 0 radical (unpaired) electrons. The monoisotopic (exact) mass is 327 g/mol. The molecule has 2 heterocycles. The molecule has 2 N–H and O–H groups in total. The molecule has 24 heavy (non-hydrogen) atoms. The second kappa shape index (κ2) is 7.13. The molecule has 2 atom stereocenters. The van der Waals surface area contributed by atoms with Gasteiger partial charge in [0.2, 0.25) is 5.91 Å². The van der Waals surface area contributed by atoms with Gasteiger partial charge in [0.15, 0.2) is 0 Å². The Hall–Kier alpha value is -2.21. The molecule has 6 heteroatoms. The first-order chi connectivity index (χ1) is 11.6. The predicted octanol–water partition coefficient (Wildman–Crippen LogP) is 1.70. The number of rotatable bonds is 4. The van der Waals surface area contributed by atoms with Crippen LogP contribution in [0.15, 0.2) is 30.3 Å². The number of para-hydroxylation sites is 1. The van der Waals surface area contributed by atoms with Crippen LogP contribution in [-0.2, 0) is 11.2 Å². The first-order valence-electron chi connectivity index (χ1n) is 8.56. The first-order valence-corrected chi connectivity index (χ1v) is 8.56. The molecule has 1 aliphatic rings. The Balaban J connectivity index is 1.74. The van der Waals surface area contributed by atoms with E-state index in [0.29, 0.717) is 12.5 Å². The quantitative estimate of drug-likeness (QED) is 0.927. The normalized spacial score (nSPS) is 21.0. The molecule has 3 rings (SSSR count). The van der Waals surface area contributed by atoms with Gasteiger partial charge in [0.05, 0.1) is 23.5 Å². The van der Waals surface area contributed by atoms with E-state index in [1.54, 1.807) is 4.68 Å². The van der Waals surface area contributed by atoms with E-state index in [2.05, 4.69) is 17.2 Å². The van der Waals surface area contributed by atoms with Gasteiger partial charge in [0.25, 0.3) is 0 Å². The smallest absolute Gasteiger partial charge is 0.229 e. The molecular formula is C18H25N5O. The number of carbonyl (C=O) groups excluding carboxylic acids is 1. The average Bonchev–Trinajstić information content (AvgIpc) is 2.96. The standard InChI is InChI=1S/C18H25N5O/c1-13-8-9-22(16(10-13)12-19)18(24)11-17-14(2)23(21-20-17)15-6-4-3-5-7-15/h3-7,13,16H,8-12,19H2,1-2H3. The predicted molar refractivity (Wildman–Crippen MR) is 92.8 cm³/mol. The SMILES string of the molecule is Cc1c(CC(=O)N2CCC(C)CC2CN)nnn1-c1ccccc1. The molecular weight excluding hydrogens is 302 g/mol. The lowest BCUT2D eigenvalue weighted by atomic mass is 9.92. The summed E-state index contributed by atoms with van der Waals surface area (Å²) in [6, 6.07) is 9.98. The van der Waals surface area contributed by atoms with Crippen molar-refractivity contribution in [2.75, 3.05) is 13.1 Å². The second-order valence-electron chi connectivity index (χ2n) is 6.65. The summed E-state index contributed by atoms with van der Waals surface area (Å²) in [5.74, 6) is 0.726. The first kappa shape index (κ1) is 16.6. The van der Waals surface area contributed by atoms with Gasteiger partial charge in [0, 0.05) is 19.1 Å². The fourth-order valence-electron chi connectivity index (χ4n) is 3.39. The zero-order chi connectivity index (χ0) is 17.1. The maximum atomic E-state index is 12.7. The molecule has 0 bridgehead atoms. The minimum absolute atomic E-state index is 0.0977. The summed E-state index contributed by atoms with van der Waals surface area (Å²) in [4.78, 5) is 14.7. The van der Waals surface area contributed by atoms with Crippen molar-refractivity contribution in [1.82, 2.24) is 19.9 Å². The van der Waals surface area contributed by atoms with Crippen LogP contribution in [0, 0.1) is 12.8 Å².